The van der Waals surface area contributed by atoms with Gasteiger partial charge in [-0.1, -0.05) is 0 Å². The van der Waals surface area contributed by atoms with Gasteiger partial charge in [-0.2, -0.15) is 0 Å². The van der Waals surface area contributed by atoms with E-state index in [1.165, 1.54) is 9.75 Å². The van der Waals surface area contributed by atoms with Gasteiger partial charge >= 0.3 is 0 Å². The predicted octanol–water partition coefficient (Wildman–Crippen LogP) is 1.68. The van der Waals surface area contributed by atoms with Crippen LogP contribution in [-0.4, -0.2) is 17.8 Å². The first-order valence-electron chi connectivity index (χ1n) is 3.74. The summed E-state index contributed by atoms with van der Waals surface area (Å²) in [5.41, 5.74) is 5.62. The van der Waals surface area contributed by atoms with Gasteiger partial charge in [-0.3, -0.25) is 0 Å². The van der Waals surface area contributed by atoms with Crippen LogP contribution in [0, 0.1) is 6.92 Å². The normalized spacial score (nSPS) is 13.3. The van der Waals surface area contributed by atoms with E-state index in [1.807, 2.05) is 0 Å². The van der Waals surface area contributed by atoms with Crippen molar-refractivity contribution >= 4 is 27.3 Å². The summed E-state index contributed by atoms with van der Waals surface area (Å²) >= 11 is 5.17. The third kappa shape index (κ3) is 2.55. The Morgan fingerprint density at radius 2 is 2.42 bits per heavy atom. The maximum absolute atomic E-state index is 8.76. The van der Waals surface area contributed by atoms with Gasteiger partial charge in [0.25, 0.3) is 0 Å². The van der Waals surface area contributed by atoms with Gasteiger partial charge < -0.3 is 10.8 Å². The number of nitrogens with two attached hydrogens (primary N) is 1. The maximum Gasteiger partial charge on any atom is 0.0586 e. The van der Waals surface area contributed by atoms with Crippen LogP contribution in [0.4, 0.5) is 0 Å². The number of aryl methyl sites for hydroxylation is 1. The number of halogens is 1. The molecule has 1 heterocycles. The van der Waals surface area contributed by atoms with Gasteiger partial charge in [0, 0.05) is 26.7 Å². The van der Waals surface area contributed by atoms with Crippen LogP contribution in [0.5, 0.6) is 0 Å². The van der Waals surface area contributed by atoms with Crippen LogP contribution in [0.2, 0.25) is 0 Å². The average molecular weight is 250 g/mol. The Balaban J connectivity index is 2.68. The van der Waals surface area contributed by atoms with E-state index in [0.29, 0.717) is 0 Å². The molecule has 0 spiro atoms. The first-order valence-corrected chi connectivity index (χ1v) is 5.35. The quantitative estimate of drug-likeness (QED) is 0.857. The molecule has 4 heteroatoms. The summed E-state index contributed by atoms with van der Waals surface area (Å²) in [6.45, 7) is 2.10. The van der Waals surface area contributed by atoms with Crippen molar-refractivity contribution in [1.82, 2.24) is 0 Å². The van der Waals surface area contributed by atoms with E-state index < -0.39 is 0 Å². The molecule has 1 unspecified atom stereocenters. The minimum Gasteiger partial charge on any atom is -0.395 e. The largest absolute Gasteiger partial charge is 0.395 e. The third-order valence-electron chi connectivity index (χ3n) is 1.56. The van der Waals surface area contributed by atoms with E-state index in [0.717, 1.165) is 10.9 Å². The van der Waals surface area contributed by atoms with Gasteiger partial charge in [0.2, 0.25) is 0 Å². The topological polar surface area (TPSA) is 46.2 Å². The van der Waals surface area contributed by atoms with Crippen LogP contribution in [0.25, 0.3) is 0 Å². The number of hydrogen-bond donors (Lipinski definition) is 2. The van der Waals surface area contributed by atoms with Gasteiger partial charge in [0.05, 0.1) is 6.61 Å². The number of aliphatic hydroxyl groups is 1. The van der Waals surface area contributed by atoms with Crippen molar-refractivity contribution in [1.29, 1.82) is 0 Å². The van der Waals surface area contributed by atoms with Crippen LogP contribution in [0.3, 0.4) is 0 Å². The smallest absolute Gasteiger partial charge is 0.0586 e. The predicted molar refractivity (Wildman–Crippen MR) is 55.5 cm³/mol. The lowest BCUT2D eigenvalue weighted by molar-refractivity contribution is 0.265. The van der Waals surface area contributed by atoms with Gasteiger partial charge in [-0.05, 0) is 28.9 Å². The summed E-state index contributed by atoms with van der Waals surface area (Å²) in [4.78, 5) is 2.48. The molecular formula is C8H12BrNOS. The molecule has 68 valence electrons. The molecule has 1 aromatic heterocycles. The Hall–Kier alpha value is 0.1000. The zero-order valence-corrected chi connectivity index (χ0v) is 9.28. The summed E-state index contributed by atoms with van der Waals surface area (Å²) in [5.74, 6) is 0. The molecule has 12 heavy (non-hydrogen) atoms. The van der Waals surface area contributed by atoms with Crippen LogP contribution in [0.1, 0.15) is 9.75 Å². The number of aliphatic hydroxyl groups excluding tert-OH is 1. The molecule has 0 radical (unpaired) electrons. The van der Waals surface area contributed by atoms with Crippen molar-refractivity contribution in [2.24, 2.45) is 5.73 Å². The summed E-state index contributed by atoms with van der Waals surface area (Å²) in [6, 6.07) is 1.93. The van der Waals surface area contributed by atoms with E-state index in [1.54, 1.807) is 11.3 Å². The molecule has 0 saturated carbocycles. The lowest BCUT2D eigenvalue weighted by Gasteiger charge is -2.05. The number of hydrogen-bond acceptors (Lipinski definition) is 3. The Morgan fingerprint density at radius 1 is 1.75 bits per heavy atom. The fraction of sp³-hybridized carbons (Fsp3) is 0.500. The van der Waals surface area contributed by atoms with E-state index in [4.69, 9.17) is 10.8 Å². The molecule has 0 saturated heterocycles. The average Bonchev–Trinajstić information content (AvgIpc) is 2.30. The second-order valence-electron chi connectivity index (χ2n) is 2.77. The zero-order valence-electron chi connectivity index (χ0n) is 6.88. The monoisotopic (exact) mass is 249 g/mol. The highest BCUT2D eigenvalue weighted by molar-refractivity contribution is 9.10. The van der Waals surface area contributed by atoms with Gasteiger partial charge in [0.1, 0.15) is 0 Å². The van der Waals surface area contributed by atoms with E-state index in [-0.39, 0.29) is 12.6 Å². The van der Waals surface area contributed by atoms with Gasteiger partial charge in [-0.25, -0.2) is 0 Å². The molecule has 0 aromatic carbocycles. The molecule has 2 nitrogen and oxygen atoms in total. The molecular weight excluding hydrogens is 238 g/mol. The molecule has 0 aliphatic carbocycles. The molecule has 3 N–H and O–H groups in total. The molecule has 0 fully saturated rings. The zero-order chi connectivity index (χ0) is 9.14. The highest BCUT2D eigenvalue weighted by Crippen LogP contribution is 2.27. The minimum absolute atomic E-state index is 0.0450. The molecule has 0 aliphatic heterocycles. The highest BCUT2D eigenvalue weighted by Gasteiger charge is 2.08. The Morgan fingerprint density at radius 3 is 2.83 bits per heavy atom. The van der Waals surface area contributed by atoms with Crippen LogP contribution >= 0.6 is 27.3 Å². The van der Waals surface area contributed by atoms with Gasteiger partial charge in [0.15, 0.2) is 0 Å². The Kier molecular flexibility index (Phi) is 3.71. The second-order valence-corrected chi connectivity index (χ2v) is 4.97. The van der Waals surface area contributed by atoms with Crippen molar-refractivity contribution in [3.05, 3.63) is 20.3 Å². The van der Waals surface area contributed by atoms with Crippen molar-refractivity contribution in [2.45, 2.75) is 19.4 Å². The lowest BCUT2D eigenvalue weighted by atomic mass is 10.2. The van der Waals surface area contributed by atoms with Crippen molar-refractivity contribution < 1.29 is 5.11 Å². The summed E-state index contributed by atoms with van der Waals surface area (Å²) in [5, 5.41) is 8.76. The summed E-state index contributed by atoms with van der Waals surface area (Å²) in [7, 11) is 0. The van der Waals surface area contributed by atoms with Crippen LogP contribution < -0.4 is 5.73 Å². The standard InChI is InChI=1S/C8H12BrNOS/c1-5-2-7(9)8(12-5)3-6(10)4-11/h2,6,11H,3-4,10H2,1H3. The van der Waals surface area contributed by atoms with Crippen molar-refractivity contribution in [2.75, 3.05) is 6.61 Å². The third-order valence-corrected chi connectivity index (χ3v) is 3.61. The molecule has 1 rings (SSSR count). The van der Waals surface area contributed by atoms with E-state index in [9.17, 15) is 0 Å². The first-order chi connectivity index (χ1) is 5.63. The van der Waals surface area contributed by atoms with E-state index in [2.05, 4.69) is 28.9 Å². The molecule has 0 bridgehead atoms. The van der Waals surface area contributed by atoms with Crippen LogP contribution in [-0.2, 0) is 6.42 Å². The van der Waals surface area contributed by atoms with E-state index >= 15 is 0 Å². The lowest BCUT2D eigenvalue weighted by Crippen LogP contribution is -2.26. The van der Waals surface area contributed by atoms with Crippen molar-refractivity contribution in [3.63, 3.8) is 0 Å². The first kappa shape index (κ1) is 10.2. The van der Waals surface area contributed by atoms with Crippen LogP contribution in [0.15, 0.2) is 10.5 Å². The number of thiophene rings is 1. The molecule has 0 amide bonds. The molecule has 1 atom stereocenters. The van der Waals surface area contributed by atoms with Gasteiger partial charge in [-0.15, -0.1) is 11.3 Å². The Labute approximate surface area is 84.5 Å². The molecule has 1 aromatic rings. The fourth-order valence-corrected chi connectivity index (χ4v) is 2.89. The second kappa shape index (κ2) is 4.37. The Bertz CT molecular complexity index is 262. The SMILES string of the molecule is Cc1cc(Br)c(CC(N)CO)s1. The highest BCUT2D eigenvalue weighted by atomic mass is 79.9. The minimum atomic E-state index is -0.139. The maximum atomic E-state index is 8.76. The molecule has 0 aliphatic rings. The summed E-state index contributed by atoms with van der Waals surface area (Å²) in [6.07, 6.45) is 0.746. The number of rotatable bonds is 3. The fourth-order valence-electron chi connectivity index (χ4n) is 0.973. The summed E-state index contributed by atoms with van der Waals surface area (Å²) < 4.78 is 1.11. The van der Waals surface area contributed by atoms with Crippen molar-refractivity contribution in [3.8, 4) is 0 Å².